The van der Waals surface area contributed by atoms with Crippen molar-refractivity contribution in [3.05, 3.63) is 35.0 Å². The molecule has 0 amide bonds. The number of aromatic nitrogens is 1. The maximum absolute atomic E-state index is 5.63. The molecule has 0 bridgehead atoms. The first-order valence-electron chi connectivity index (χ1n) is 5.94. The first kappa shape index (κ1) is 12.2. The lowest BCUT2D eigenvalue weighted by molar-refractivity contribution is 0.969. The van der Waals surface area contributed by atoms with Gasteiger partial charge >= 0.3 is 0 Å². The Bertz CT molecular complexity index is 450. The molecule has 3 heteroatoms. The topological polar surface area (TPSA) is 24.9 Å². The number of nitrogens with zero attached hydrogens (tertiary/aromatic N) is 1. The number of unbranched alkanes of at least 4 members (excludes halogenated alkanes) is 1. The van der Waals surface area contributed by atoms with Crippen molar-refractivity contribution in [1.29, 1.82) is 0 Å². The summed E-state index contributed by atoms with van der Waals surface area (Å²) < 4.78 is 0. The van der Waals surface area contributed by atoms with Crippen molar-refractivity contribution < 1.29 is 0 Å². The highest BCUT2D eigenvalue weighted by Crippen LogP contribution is 2.22. The third-order valence-electron chi connectivity index (χ3n) is 2.68. The Kier molecular flexibility index (Phi) is 4.21. The predicted molar refractivity (Wildman–Crippen MR) is 75.4 cm³/mol. The fourth-order valence-corrected chi connectivity index (χ4v) is 1.93. The number of nitrogens with one attached hydrogen (secondary N) is 1. The Balaban J connectivity index is 2.09. The summed E-state index contributed by atoms with van der Waals surface area (Å²) in [5.74, 6) is 1.70. The van der Waals surface area contributed by atoms with Gasteiger partial charge in [-0.2, -0.15) is 0 Å². The lowest BCUT2D eigenvalue weighted by Crippen LogP contribution is -2.10. The maximum atomic E-state index is 5.63. The molecule has 0 atom stereocenters. The van der Waals surface area contributed by atoms with Gasteiger partial charge in [0.1, 0.15) is 5.82 Å². The maximum Gasteiger partial charge on any atom is 0.134 e. The monoisotopic (exact) mass is 248 g/mol. The minimum atomic E-state index is 0.716. The molecule has 0 saturated heterocycles. The van der Waals surface area contributed by atoms with Gasteiger partial charge in [0.15, 0.2) is 0 Å². The summed E-state index contributed by atoms with van der Waals surface area (Å²) in [7, 11) is 0. The minimum Gasteiger partial charge on any atom is -0.366 e. The molecule has 90 valence electrons. The van der Waals surface area contributed by atoms with Crippen molar-refractivity contribution in [1.82, 2.24) is 4.98 Å². The van der Waals surface area contributed by atoms with Crippen LogP contribution in [0.4, 0.5) is 5.82 Å². The van der Waals surface area contributed by atoms with Gasteiger partial charge in [-0.1, -0.05) is 17.7 Å². The van der Waals surface area contributed by atoms with E-state index in [0.29, 0.717) is 5.88 Å². The molecule has 0 fully saturated rings. The molecule has 0 saturated carbocycles. The van der Waals surface area contributed by atoms with Gasteiger partial charge in [-0.25, -0.2) is 4.98 Å². The van der Waals surface area contributed by atoms with Crippen LogP contribution in [0.15, 0.2) is 23.8 Å². The first-order valence-corrected chi connectivity index (χ1v) is 6.47. The van der Waals surface area contributed by atoms with Gasteiger partial charge in [0.25, 0.3) is 0 Å². The van der Waals surface area contributed by atoms with Crippen LogP contribution in [0.2, 0.25) is 0 Å². The Morgan fingerprint density at radius 2 is 2.35 bits per heavy atom. The van der Waals surface area contributed by atoms with E-state index in [-0.39, 0.29) is 0 Å². The molecular formula is C14H17ClN2. The molecular weight excluding hydrogens is 232 g/mol. The fourth-order valence-electron chi connectivity index (χ4n) is 1.77. The summed E-state index contributed by atoms with van der Waals surface area (Å²) in [6.07, 6.45) is 8.39. The van der Waals surface area contributed by atoms with Crippen molar-refractivity contribution in [3.63, 3.8) is 0 Å². The quantitative estimate of drug-likeness (QED) is 0.645. The molecule has 0 aromatic carbocycles. The van der Waals surface area contributed by atoms with E-state index in [9.17, 15) is 0 Å². The van der Waals surface area contributed by atoms with Gasteiger partial charge in [0.05, 0.1) is 5.69 Å². The Hall–Kier alpha value is -1.28. The summed E-state index contributed by atoms with van der Waals surface area (Å²) >= 11 is 5.63. The molecule has 0 radical (unpaired) electrons. The highest BCUT2D eigenvalue weighted by molar-refractivity contribution is 6.17. The van der Waals surface area contributed by atoms with Crippen LogP contribution < -0.4 is 5.32 Å². The second-order valence-electron chi connectivity index (χ2n) is 4.25. The number of anilines is 1. The highest BCUT2D eigenvalue weighted by atomic mass is 35.5. The van der Waals surface area contributed by atoms with Crippen LogP contribution in [-0.2, 0) is 0 Å². The lowest BCUT2D eigenvalue weighted by atomic mass is 10.1. The third kappa shape index (κ3) is 3.34. The van der Waals surface area contributed by atoms with Crippen LogP contribution in [0.25, 0.3) is 12.2 Å². The van der Waals surface area contributed by atoms with Gasteiger partial charge in [-0.3, -0.25) is 0 Å². The second-order valence-corrected chi connectivity index (χ2v) is 4.63. The van der Waals surface area contributed by atoms with E-state index >= 15 is 0 Å². The van der Waals surface area contributed by atoms with E-state index in [4.69, 9.17) is 11.6 Å². The molecule has 0 aliphatic carbocycles. The lowest BCUT2D eigenvalue weighted by Gasteiger charge is -2.15. The molecule has 0 unspecified atom stereocenters. The Morgan fingerprint density at radius 3 is 3.18 bits per heavy atom. The Morgan fingerprint density at radius 1 is 1.47 bits per heavy atom. The third-order valence-corrected chi connectivity index (χ3v) is 2.94. The van der Waals surface area contributed by atoms with Crippen molar-refractivity contribution >= 4 is 29.6 Å². The van der Waals surface area contributed by atoms with E-state index in [1.807, 2.05) is 6.07 Å². The van der Waals surface area contributed by atoms with E-state index < -0.39 is 0 Å². The number of allylic oxidation sites excluding steroid dienone is 1. The normalized spacial score (nSPS) is 14.4. The van der Waals surface area contributed by atoms with Crippen molar-refractivity contribution in [2.45, 2.75) is 19.8 Å². The summed E-state index contributed by atoms with van der Waals surface area (Å²) in [6.45, 7) is 3.01. The van der Waals surface area contributed by atoms with E-state index in [1.165, 1.54) is 11.1 Å². The average Bonchev–Trinajstić information content (AvgIpc) is 2.35. The largest absolute Gasteiger partial charge is 0.366 e. The van der Waals surface area contributed by atoms with Crippen LogP contribution >= 0.6 is 11.6 Å². The molecule has 1 aliphatic heterocycles. The summed E-state index contributed by atoms with van der Waals surface area (Å²) in [5.41, 5.74) is 3.51. The van der Waals surface area contributed by atoms with Crippen LogP contribution in [0.3, 0.4) is 0 Å². The van der Waals surface area contributed by atoms with Crippen LogP contribution in [0.5, 0.6) is 0 Å². The predicted octanol–water partition coefficient (Wildman–Crippen LogP) is 3.94. The molecule has 2 rings (SSSR count). The molecule has 1 aromatic rings. The first-order chi connectivity index (χ1) is 8.29. The van der Waals surface area contributed by atoms with Gasteiger partial charge in [0.2, 0.25) is 0 Å². The Labute approximate surface area is 107 Å². The number of fused-ring (bicyclic) bond motifs is 1. The molecule has 2 nitrogen and oxygen atoms in total. The van der Waals surface area contributed by atoms with Crippen molar-refractivity contribution in [3.8, 4) is 0 Å². The zero-order chi connectivity index (χ0) is 12.1. The fraction of sp³-hybridized carbons (Fsp3) is 0.357. The van der Waals surface area contributed by atoms with Gasteiger partial charge in [-0.05, 0) is 38.0 Å². The van der Waals surface area contributed by atoms with E-state index in [0.717, 1.165) is 30.9 Å². The van der Waals surface area contributed by atoms with Crippen LogP contribution in [0.1, 0.15) is 31.0 Å². The van der Waals surface area contributed by atoms with E-state index in [2.05, 4.69) is 41.5 Å². The molecule has 1 N–H and O–H groups in total. The number of hydrogen-bond donors (Lipinski definition) is 1. The number of hydrogen-bond acceptors (Lipinski definition) is 2. The average molecular weight is 249 g/mol. The summed E-state index contributed by atoms with van der Waals surface area (Å²) in [5, 5.41) is 3.32. The highest BCUT2D eigenvalue weighted by Gasteiger charge is 2.07. The standard InChI is InChI=1S/C14H17ClN2/c1-11-9-12-6-7-13(5-3-2-4-8-15)17-14(12)16-10-11/h3,5-7,9H,2,4,8,10H2,1H3,(H,16,17). The smallest absolute Gasteiger partial charge is 0.134 e. The zero-order valence-electron chi connectivity index (χ0n) is 10.0. The molecule has 1 aromatic heterocycles. The number of halogens is 1. The SMILES string of the molecule is CC1=Cc2ccc(C=CCCCCl)nc2NC1. The summed E-state index contributed by atoms with van der Waals surface area (Å²) in [6, 6.07) is 4.16. The van der Waals surface area contributed by atoms with E-state index in [1.54, 1.807) is 0 Å². The number of pyridine rings is 1. The van der Waals surface area contributed by atoms with Crippen molar-refractivity contribution in [2.75, 3.05) is 17.7 Å². The second kappa shape index (κ2) is 5.87. The minimum absolute atomic E-state index is 0.716. The molecule has 0 spiro atoms. The molecule has 2 heterocycles. The van der Waals surface area contributed by atoms with Crippen LogP contribution in [-0.4, -0.2) is 17.4 Å². The van der Waals surface area contributed by atoms with Crippen molar-refractivity contribution in [2.24, 2.45) is 0 Å². The van der Waals surface area contributed by atoms with Gasteiger partial charge in [0, 0.05) is 18.0 Å². The van der Waals surface area contributed by atoms with Crippen LogP contribution in [0, 0.1) is 0 Å². The molecule has 1 aliphatic rings. The molecule has 17 heavy (non-hydrogen) atoms. The summed E-state index contributed by atoms with van der Waals surface area (Å²) in [4.78, 5) is 4.57. The number of alkyl halides is 1. The number of rotatable bonds is 4. The van der Waals surface area contributed by atoms with Gasteiger partial charge in [-0.15, -0.1) is 11.6 Å². The van der Waals surface area contributed by atoms with Gasteiger partial charge < -0.3 is 5.32 Å². The zero-order valence-corrected chi connectivity index (χ0v) is 10.8.